The van der Waals surface area contributed by atoms with Gasteiger partial charge in [0.25, 0.3) is 0 Å². The second kappa shape index (κ2) is 3.40. The van der Waals surface area contributed by atoms with Gasteiger partial charge in [-0.25, -0.2) is 0 Å². The predicted molar refractivity (Wildman–Crippen MR) is 57.8 cm³/mol. The van der Waals surface area contributed by atoms with Gasteiger partial charge in [0.15, 0.2) is 0 Å². The molecule has 16 heavy (non-hydrogen) atoms. The molecule has 1 heterocycles. The van der Waals surface area contributed by atoms with Crippen molar-refractivity contribution >= 4 is 6.29 Å². The zero-order valence-electron chi connectivity index (χ0n) is 9.02. The van der Waals surface area contributed by atoms with Crippen LogP contribution in [-0.2, 0) is 20.1 Å². The summed E-state index contributed by atoms with van der Waals surface area (Å²) in [6.07, 6.45) is 2.71. The monoisotopic (exact) mass is 218 g/mol. The highest BCUT2D eigenvalue weighted by molar-refractivity contribution is 5.66. The van der Waals surface area contributed by atoms with Crippen molar-refractivity contribution in [2.24, 2.45) is 5.41 Å². The number of carbonyl (C=O) groups is 1. The Morgan fingerprint density at radius 2 is 1.69 bits per heavy atom. The van der Waals surface area contributed by atoms with E-state index >= 15 is 0 Å². The van der Waals surface area contributed by atoms with Gasteiger partial charge in [0, 0.05) is 5.56 Å². The van der Waals surface area contributed by atoms with Gasteiger partial charge in [-0.15, -0.1) is 0 Å². The maximum Gasteiger partial charge on any atom is 0.207 e. The number of carbonyl (C=O) groups excluding carboxylic acids is 1. The van der Waals surface area contributed by atoms with E-state index < -0.39 is 11.2 Å². The molecule has 1 aliphatic heterocycles. The standard InChI is InChI=1S/C13H14O3/c14-10-12(6-7-12)13(15-8-9-16-13)11-4-2-1-3-5-11/h1-5,10H,6-9H2. The molecule has 2 aliphatic rings. The number of aldehydes is 1. The Kier molecular flexibility index (Phi) is 2.13. The molecule has 0 aromatic heterocycles. The number of ether oxygens (including phenoxy) is 2. The summed E-state index contributed by atoms with van der Waals surface area (Å²) in [5.74, 6) is -0.823. The molecule has 1 saturated carbocycles. The Hall–Kier alpha value is -1.19. The van der Waals surface area contributed by atoms with Crippen molar-refractivity contribution in [3.8, 4) is 0 Å². The molecule has 3 nitrogen and oxygen atoms in total. The molecule has 1 aromatic rings. The highest BCUT2D eigenvalue weighted by atomic mass is 16.7. The van der Waals surface area contributed by atoms with Crippen LogP contribution >= 0.6 is 0 Å². The van der Waals surface area contributed by atoms with Crippen molar-refractivity contribution in [3.05, 3.63) is 35.9 Å². The van der Waals surface area contributed by atoms with Crippen LogP contribution in [0.1, 0.15) is 18.4 Å². The van der Waals surface area contributed by atoms with Crippen LogP contribution in [0.3, 0.4) is 0 Å². The first-order valence-electron chi connectivity index (χ1n) is 5.63. The van der Waals surface area contributed by atoms with Crippen molar-refractivity contribution in [1.82, 2.24) is 0 Å². The van der Waals surface area contributed by atoms with E-state index in [1.54, 1.807) is 0 Å². The molecule has 3 rings (SSSR count). The first-order chi connectivity index (χ1) is 7.83. The van der Waals surface area contributed by atoms with E-state index in [-0.39, 0.29) is 0 Å². The molecule has 84 valence electrons. The van der Waals surface area contributed by atoms with Gasteiger partial charge < -0.3 is 14.3 Å². The normalized spacial score (nSPS) is 25.2. The van der Waals surface area contributed by atoms with E-state index in [1.807, 2.05) is 30.3 Å². The summed E-state index contributed by atoms with van der Waals surface area (Å²) in [6.45, 7) is 1.12. The van der Waals surface area contributed by atoms with Crippen molar-refractivity contribution in [2.75, 3.05) is 13.2 Å². The minimum atomic E-state index is -0.823. The zero-order chi connectivity index (χ0) is 11.1. The average Bonchev–Trinajstić information content (AvgIpc) is 3.01. The van der Waals surface area contributed by atoms with Crippen molar-refractivity contribution in [1.29, 1.82) is 0 Å². The van der Waals surface area contributed by atoms with Gasteiger partial charge in [-0.05, 0) is 12.8 Å². The lowest BCUT2D eigenvalue weighted by atomic mass is 9.89. The van der Waals surface area contributed by atoms with Crippen LogP contribution in [-0.4, -0.2) is 19.5 Å². The van der Waals surface area contributed by atoms with Gasteiger partial charge in [0.2, 0.25) is 5.79 Å². The lowest BCUT2D eigenvalue weighted by molar-refractivity contribution is -0.210. The van der Waals surface area contributed by atoms with Crippen LogP contribution in [0.4, 0.5) is 0 Å². The third-order valence-corrected chi connectivity index (χ3v) is 3.52. The van der Waals surface area contributed by atoms with Gasteiger partial charge in [-0.2, -0.15) is 0 Å². The lowest BCUT2D eigenvalue weighted by Crippen LogP contribution is -2.39. The van der Waals surface area contributed by atoms with E-state index in [2.05, 4.69) is 0 Å². The molecule has 1 saturated heterocycles. The molecular weight excluding hydrogens is 204 g/mol. The van der Waals surface area contributed by atoms with Crippen LogP contribution in [0, 0.1) is 5.41 Å². The molecule has 3 heteroatoms. The fourth-order valence-electron chi connectivity index (χ4n) is 2.47. The van der Waals surface area contributed by atoms with E-state index in [9.17, 15) is 4.79 Å². The summed E-state index contributed by atoms with van der Waals surface area (Å²) in [7, 11) is 0. The van der Waals surface area contributed by atoms with E-state index in [4.69, 9.17) is 9.47 Å². The molecule has 1 aromatic carbocycles. The van der Waals surface area contributed by atoms with Gasteiger partial charge in [-0.1, -0.05) is 30.3 Å². The average molecular weight is 218 g/mol. The summed E-state index contributed by atoms with van der Waals surface area (Å²) >= 11 is 0. The molecule has 0 radical (unpaired) electrons. The highest BCUT2D eigenvalue weighted by Gasteiger charge is 2.64. The Labute approximate surface area is 94.4 Å². The fraction of sp³-hybridized carbons (Fsp3) is 0.462. The van der Waals surface area contributed by atoms with Crippen LogP contribution in [0.25, 0.3) is 0 Å². The molecule has 0 N–H and O–H groups in total. The van der Waals surface area contributed by atoms with E-state index in [0.717, 1.165) is 24.7 Å². The zero-order valence-corrected chi connectivity index (χ0v) is 9.02. The first kappa shape index (κ1) is 10.00. The second-order valence-electron chi connectivity index (χ2n) is 4.45. The Morgan fingerprint density at radius 1 is 1.06 bits per heavy atom. The molecule has 0 spiro atoms. The van der Waals surface area contributed by atoms with Gasteiger partial charge in [0.1, 0.15) is 6.29 Å². The second-order valence-corrected chi connectivity index (χ2v) is 4.45. The van der Waals surface area contributed by atoms with E-state index in [0.29, 0.717) is 13.2 Å². The maximum atomic E-state index is 11.3. The molecule has 0 amide bonds. The quantitative estimate of drug-likeness (QED) is 0.726. The van der Waals surface area contributed by atoms with Crippen molar-refractivity contribution in [3.63, 3.8) is 0 Å². The van der Waals surface area contributed by atoms with Crippen LogP contribution in [0.15, 0.2) is 30.3 Å². The summed E-state index contributed by atoms with van der Waals surface area (Å²) in [6, 6.07) is 9.78. The molecule has 0 atom stereocenters. The Morgan fingerprint density at radius 3 is 2.19 bits per heavy atom. The van der Waals surface area contributed by atoms with Crippen molar-refractivity contribution in [2.45, 2.75) is 18.6 Å². The topological polar surface area (TPSA) is 35.5 Å². The summed E-state index contributed by atoms with van der Waals surface area (Å²) in [5.41, 5.74) is 0.502. The molecular formula is C13H14O3. The molecule has 0 unspecified atom stereocenters. The maximum absolute atomic E-state index is 11.3. The number of hydrogen-bond donors (Lipinski definition) is 0. The van der Waals surface area contributed by atoms with Crippen LogP contribution < -0.4 is 0 Å². The Balaban J connectivity index is 2.07. The molecule has 0 bridgehead atoms. The smallest absolute Gasteiger partial charge is 0.207 e. The summed E-state index contributed by atoms with van der Waals surface area (Å²) < 4.78 is 11.6. The van der Waals surface area contributed by atoms with Crippen LogP contribution in [0.5, 0.6) is 0 Å². The minimum Gasteiger partial charge on any atom is -0.343 e. The first-order valence-corrected chi connectivity index (χ1v) is 5.63. The van der Waals surface area contributed by atoms with Crippen molar-refractivity contribution < 1.29 is 14.3 Å². The number of benzene rings is 1. The molecule has 2 fully saturated rings. The number of rotatable bonds is 3. The van der Waals surface area contributed by atoms with E-state index in [1.165, 1.54) is 0 Å². The Bertz CT molecular complexity index is 389. The predicted octanol–water partition coefficient (Wildman–Crippen LogP) is 1.87. The lowest BCUT2D eigenvalue weighted by Gasteiger charge is -2.33. The summed E-state index contributed by atoms with van der Waals surface area (Å²) in [4.78, 5) is 11.3. The minimum absolute atomic E-state index is 0.454. The largest absolute Gasteiger partial charge is 0.343 e. The third-order valence-electron chi connectivity index (χ3n) is 3.52. The fourth-order valence-corrected chi connectivity index (χ4v) is 2.47. The summed E-state index contributed by atoms with van der Waals surface area (Å²) in [5, 5.41) is 0. The van der Waals surface area contributed by atoms with Gasteiger partial charge in [0.05, 0.1) is 18.6 Å². The van der Waals surface area contributed by atoms with Crippen LogP contribution in [0.2, 0.25) is 0 Å². The third kappa shape index (κ3) is 1.19. The SMILES string of the molecule is O=CC1(C2(c3ccccc3)OCCO2)CC1. The highest BCUT2D eigenvalue weighted by Crippen LogP contribution is 2.60. The number of hydrogen-bond acceptors (Lipinski definition) is 3. The van der Waals surface area contributed by atoms with Gasteiger partial charge >= 0.3 is 0 Å². The molecule has 1 aliphatic carbocycles. The van der Waals surface area contributed by atoms with Gasteiger partial charge in [-0.3, -0.25) is 0 Å².